The molecule has 0 saturated heterocycles. The number of benzene rings is 1. The van der Waals surface area contributed by atoms with Gasteiger partial charge >= 0.3 is 0 Å². The van der Waals surface area contributed by atoms with Crippen LogP contribution in [0.4, 0.5) is 0 Å². The van der Waals surface area contributed by atoms with E-state index in [2.05, 4.69) is 40.0 Å². The molecule has 0 atom stereocenters. The summed E-state index contributed by atoms with van der Waals surface area (Å²) in [5, 5.41) is 8.93. The minimum atomic E-state index is -0.125. The van der Waals surface area contributed by atoms with Gasteiger partial charge in [0.2, 0.25) is 5.91 Å². The van der Waals surface area contributed by atoms with Crippen molar-refractivity contribution in [2.75, 3.05) is 13.6 Å². The minimum absolute atomic E-state index is 0. The van der Waals surface area contributed by atoms with Gasteiger partial charge in [-0.05, 0) is 24.6 Å². The van der Waals surface area contributed by atoms with Crippen LogP contribution in [-0.4, -0.2) is 25.5 Å². The van der Waals surface area contributed by atoms with Crippen LogP contribution in [0.5, 0.6) is 0 Å². The number of hydrogen-bond donors (Lipinski definition) is 3. The average molecular weight is 442 g/mol. The second-order valence-corrected chi connectivity index (χ2v) is 5.12. The second kappa shape index (κ2) is 10.7. The largest absolute Gasteiger partial charge is 0.467 e. The Morgan fingerprint density at radius 3 is 2.62 bits per heavy atom. The van der Waals surface area contributed by atoms with E-state index in [1.54, 1.807) is 19.4 Å². The van der Waals surface area contributed by atoms with Crippen molar-refractivity contribution in [3.63, 3.8) is 0 Å². The third kappa shape index (κ3) is 7.03. The van der Waals surface area contributed by atoms with Crippen LogP contribution in [0.3, 0.4) is 0 Å². The second-order valence-electron chi connectivity index (χ2n) is 5.12. The van der Waals surface area contributed by atoms with E-state index < -0.39 is 0 Å². The van der Waals surface area contributed by atoms with E-state index >= 15 is 0 Å². The lowest BCUT2D eigenvalue weighted by Crippen LogP contribution is -2.42. The van der Waals surface area contributed by atoms with Crippen molar-refractivity contribution < 1.29 is 9.21 Å². The lowest BCUT2D eigenvalue weighted by atomic mass is 10.1. The highest BCUT2D eigenvalue weighted by molar-refractivity contribution is 14.0. The Morgan fingerprint density at radius 1 is 1.12 bits per heavy atom. The maximum atomic E-state index is 11.8. The van der Waals surface area contributed by atoms with Crippen LogP contribution in [0.15, 0.2) is 52.1 Å². The van der Waals surface area contributed by atoms with Crippen LogP contribution in [0.2, 0.25) is 0 Å². The summed E-state index contributed by atoms with van der Waals surface area (Å²) in [5.41, 5.74) is 2.37. The SMILES string of the molecule is CN=C(NCC(=O)NCc1ccco1)NCc1cccc(C)c1.I. The van der Waals surface area contributed by atoms with Crippen molar-refractivity contribution in [1.29, 1.82) is 0 Å². The summed E-state index contributed by atoms with van der Waals surface area (Å²) in [6.07, 6.45) is 1.58. The van der Waals surface area contributed by atoms with E-state index in [0.717, 1.165) is 11.3 Å². The van der Waals surface area contributed by atoms with Gasteiger partial charge in [0.1, 0.15) is 5.76 Å². The Morgan fingerprint density at radius 2 is 1.96 bits per heavy atom. The van der Waals surface area contributed by atoms with Gasteiger partial charge in [0.05, 0.1) is 19.4 Å². The maximum Gasteiger partial charge on any atom is 0.239 e. The molecule has 1 amide bonds. The van der Waals surface area contributed by atoms with Crippen molar-refractivity contribution in [2.24, 2.45) is 4.99 Å². The van der Waals surface area contributed by atoms with Crippen LogP contribution in [0.1, 0.15) is 16.9 Å². The number of nitrogens with zero attached hydrogens (tertiary/aromatic N) is 1. The molecule has 130 valence electrons. The molecule has 2 rings (SSSR count). The van der Waals surface area contributed by atoms with Crippen LogP contribution >= 0.6 is 24.0 Å². The standard InChI is InChI=1S/C17H22N4O2.HI/c1-13-5-3-6-14(9-13)10-20-17(18-2)21-12-16(22)19-11-15-7-4-8-23-15;/h3-9H,10-12H2,1-2H3,(H,19,22)(H2,18,20,21);1H. The molecule has 0 radical (unpaired) electrons. The first-order valence-corrected chi connectivity index (χ1v) is 7.46. The van der Waals surface area contributed by atoms with E-state index in [-0.39, 0.29) is 36.4 Å². The highest BCUT2D eigenvalue weighted by atomic mass is 127. The van der Waals surface area contributed by atoms with E-state index in [9.17, 15) is 4.79 Å². The first-order chi connectivity index (χ1) is 11.2. The quantitative estimate of drug-likeness (QED) is 0.364. The van der Waals surface area contributed by atoms with E-state index in [4.69, 9.17) is 4.42 Å². The molecule has 0 unspecified atom stereocenters. The van der Waals surface area contributed by atoms with Gasteiger partial charge in [-0.3, -0.25) is 9.79 Å². The van der Waals surface area contributed by atoms with Gasteiger partial charge in [-0.25, -0.2) is 0 Å². The number of amides is 1. The molecular formula is C17H23IN4O2. The zero-order chi connectivity index (χ0) is 16.5. The molecule has 0 aliphatic heterocycles. The van der Waals surface area contributed by atoms with E-state index in [1.807, 2.05) is 18.2 Å². The van der Waals surface area contributed by atoms with Gasteiger partial charge < -0.3 is 20.4 Å². The van der Waals surface area contributed by atoms with Gasteiger partial charge in [0.25, 0.3) is 0 Å². The van der Waals surface area contributed by atoms with Crippen LogP contribution in [0.25, 0.3) is 0 Å². The monoisotopic (exact) mass is 442 g/mol. The minimum Gasteiger partial charge on any atom is -0.467 e. The molecule has 0 saturated carbocycles. The fourth-order valence-electron chi connectivity index (χ4n) is 2.05. The fourth-order valence-corrected chi connectivity index (χ4v) is 2.05. The molecule has 0 spiro atoms. The van der Waals surface area contributed by atoms with Crippen molar-refractivity contribution in [1.82, 2.24) is 16.0 Å². The van der Waals surface area contributed by atoms with Gasteiger partial charge in [0.15, 0.2) is 5.96 Å². The number of rotatable bonds is 6. The maximum absolute atomic E-state index is 11.8. The van der Waals surface area contributed by atoms with Crippen LogP contribution in [-0.2, 0) is 17.9 Å². The van der Waals surface area contributed by atoms with E-state index in [1.165, 1.54) is 5.56 Å². The van der Waals surface area contributed by atoms with Crippen molar-refractivity contribution in [3.8, 4) is 0 Å². The molecule has 0 aliphatic carbocycles. The normalized spacial score (nSPS) is 10.7. The van der Waals surface area contributed by atoms with Gasteiger partial charge in [0, 0.05) is 13.6 Å². The zero-order valence-corrected chi connectivity index (χ0v) is 16.2. The predicted molar refractivity (Wildman–Crippen MR) is 105 cm³/mol. The summed E-state index contributed by atoms with van der Waals surface area (Å²) in [6, 6.07) is 11.8. The molecule has 3 N–H and O–H groups in total. The molecule has 2 aromatic rings. The van der Waals surface area contributed by atoms with Gasteiger partial charge in [-0.1, -0.05) is 29.8 Å². The lowest BCUT2D eigenvalue weighted by Gasteiger charge is -2.12. The summed E-state index contributed by atoms with van der Waals surface area (Å²) in [5.74, 6) is 1.18. The number of carbonyl (C=O) groups excluding carboxylic acids is 1. The molecule has 0 fully saturated rings. The van der Waals surface area contributed by atoms with E-state index in [0.29, 0.717) is 19.0 Å². The fraction of sp³-hybridized carbons (Fsp3) is 0.294. The highest BCUT2D eigenvalue weighted by Crippen LogP contribution is 2.03. The molecule has 0 bridgehead atoms. The smallest absolute Gasteiger partial charge is 0.239 e. The Bertz CT molecular complexity index is 656. The van der Waals surface area contributed by atoms with Crippen LogP contribution in [0, 0.1) is 6.92 Å². The summed E-state index contributed by atoms with van der Waals surface area (Å²) < 4.78 is 5.16. The average Bonchev–Trinajstić information content (AvgIpc) is 3.06. The third-order valence-electron chi connectivity index (χ3n) is 3.22. The molecule has 1 aromatic heterocycles. The Balaban J connectivity index is 0.00000288. The molecule has 1 aromatic carbocycles. The van der Waals surface area contributed by atoms with Crippen molar-refractivity contribution in [3.05, 3.63) is 59.5 Å². The summed E-state index contributed by atoms with van der Waals surface area (Å²) in [7, 11) is 1.67. The van der Waals surface area contributed by atoms with Crippen molar-refractivity contribution >= 4 is 35.8 Å². The number of halogens is 1. The third-order valence-corrected chi connectivity index (χ3v) is 3.22. The predicted octanol–water partition coefficient (Wildman–Crippen LogP) is 2.19. The number of aryl methyl sites for hydroxylation is 1. The molecule has 1 heterocycles. The Labute approximate surface area is 159 Å². The molecule has 24 heavy (non-hydrogen) atoms. The highest BCUT2D eigenvalue weighted by Gasteiger charge is 2.04. The molecule has 6 nitrogen and oxygen atoms in total. The van der Waals surface area contributed by atoms with Crippen LogP contribution < -0.4 is 16.0 Å². The number of aliphatic imine (C=N–C) groups is 1. The summed E-state index contributed by atoms with van der Waals surface area (Å²) >= 11 is 0. The summed E-state index contributed by atoms with van der Waals surface area (Å²) in [6.45, 7) is 3.23. The van der Waals surface area contributed by atoms with Crippen molar-refractivity contribution in [2.45, 2.75) is 20.0 Å². The first-order valence-electron chi connectivity index (χ1n) is 7.46. The molecule has 0 aliphatic rings. The Hall–Kier alpha value is -2.03. The number of nitrogens with one attached hydrogen (secondary N) is 3. The first kappa shape index (κ1) is 20.0. The number of guanidine groups is 1. The lowest BCUT2D eigenvalue weighted by molar-refractivity contribution is -0.120. The number of hydrogen-bond acceptors (Lipinski definition) is 3. The molecular weight excluding hydrogens is 419 g/mol. The molecule has 7 heteroatoms. The van der Waals surface area contributed by atoms with Gasteiger partial charge in [-0.2, -0.15) is 0 Å². The topological polar surface area (TPSA) is 78.7 Å². The zero-order valence-electron chi connectivity index (χ0n) is 13.8. The Kier molecular flexibility index (Phi) is 8.92. The number of furan rings is 1. The van der Waals surface area contributed by atoms with Gasteiger partial charge in [-0.15, -0.1) is 24.0 Å². The summed E-state index contributed by atoms with van der Waals surface area (Å²) in [4.78, 5) is 15.9. The number of carbonyl (C=O) groups is 1.